The van der Waals surface area contributed by atoms with Crippen LogP contribution in [0, 0.1) is 13.8 Å². The maximum atomic E-state index is 14.5. The maximum Gasteiger partial charge on any atom is 0.172 e. The average molecular weight is 357 g/mol. The Morgan fingerprint density at radius 2 is 1.31 bits per heavy atom. The molecular weight excluding hydrogens is 337 g/mol. The molecule has 0 aliphatic heterocycles. The summed E-state index contributed by atoms with van der Waals surface area (Å²) in [4.78, 5) is 4.76. The third kappa shape index (κ3) is 2.77. The van der Waals surface area contributed by atoms with Crippen LogP contribution in [0.5, 0.6) is 0 Å². The lowest BCUT2D eigenvalue weighted by Gasteiger charge is -2.22. The zero-order chi connectivity index (χ0) is 18.1. The van der Waals surface area contributed by atoms with Gasteiger partial charge in [-0.1, -0.05) is 72.3 Å². The number of fused-ring (bicyclic) bond motifs is 1. The lowest BCUT2D eigenvalue weighted by atomic mass is 10.1. The molecule has 26 heavy (non-hydrogen) atoms. The third-order valence-corrected chi connectivity index (χ3v) is 7.89. The van der Waals surface area contributed by atoms with Crippen molar-refractivity contribution in [2.75, 3.05) is 0 Å². The van der Waals surface area contributed by atoms with E-state index in [4.69, 9.17) is 4.98 Å². The molecule has 4 rings (SSSR count). The van der Waals surface area contributed by atoms with Crippen LogP contribution in [0.1, 0.15) is 11.3 Å². The molecule has 128 valence electrons. The van der Waals surface area contributed by atoms with Gasteiger partial charge in [0.25, 0.3) is 0 Å². The number of aromatic nitrogens is 1. The van der Waals surface area contributed by atoms with E-state index in [1.807, 2.05) is 73.7 Å². The number of aryl methyl sites for hydroxylation is 2. The van der Waals surface area contributed by atoms with Gasteiger partial charge in [0, 0.05) is 27.0 Å². The van der Waals surface area contributed by atoms with Gasteiger partial charge in [-0.3, -0.25) is 4.98 Å². The van der Waals surface area contributed by atoms with Gasteiger partial charge in [-0.15, -0.1) is 0 Å². The van der Waals surface area contributed by atoms with Gasteiger partial charge in [0.15, 0.2) is 7.14 Å². The fraction of sp³-hybridized carbons (Fsp3) is 0.0870. The first kappa shape index (κ1) is 16.8. The minimum Gasteiger partial charge on any atom is -0.309 e. The van der Waals surface area contributed by atoms with Gasteiger partial charge in [0.2, 0.25) is 0 Å². The predicted octanol–water partition coefficient (Wildman–Crippen LogP) is 4.49. The van der Waals surface area contributed by atoms with E-state index in [2.05, 4.69) is 25.1 Å². The van der Waals surface area contributed by atoms with Crippen molar-refractivity contribution >= 4 is 34.0 Å². The van der Waals surface area contributed by atoms with E-state index in [0.29, 0.717) is 0 Å². The Balaban J connectivity index is 2.06. The Labute approximate surface area is 153 Å². The Morgan fingerprint density at radius 1 is 0.731 bits per heavy atom. The molecule has 0 aliphatic carbocycles. The quantitative estimate of drug-likeness (QED) is 0.506. The van der Waals surface area contributed by atoms with Crippen LogP contribution >= 0.6 is 7.14 Å². The zero-order valence-corrected chi connectivity index (χ0v) is 15.8. The minimum atomic E-state index is -3.00. The smallest absolute Gasteiger partial charge is 0.172 e. The van der Waals surface area contributed by atoms with Crippen molar-refractivity contribution in [3.63, 3.8) is 0 Å². The average Bonchev–Trinajstić information content (AvgIpc) is 2.68. The monoisotopic (exact) mass is 357 g/mol. The maximum absolute atomic E-state index is 14.5. The van der Waals surface area contributed by atoms with Crippen LogP contribution in [-0.2, 0) is 4.57 Å². The standard InChI is InChI=1S/C23H20NOP/c1-17-13-14-22-19(15-17)16-23(18(2)24-22)26(25,20-9-5-3-6-10-20)21-11-7-4-8-12-21/h3-16H,1-2H3. The molecule has 0 N–H and O–H groups in total. The summed E-state index contributed by atoms with van der Waals surface area (Å²) in [5.74, 6) is 0. The van der Waals surface area contributed by atoms with Crippen LogP contribution in [-0.4, -0.2) is 4.98 Å². The van der Waals surface area contributed by atoms with Crippen LogP contribution in [0.15, 0.2) is 84.9 Å². The molecule has 0 aliphatic rings. The number of hydrogen-bond donors (Lipinski definition) is 0. The summed E-state index contributed by atoms with van der Waals surface area (Å²) >= 11 is 0. The minimum absolute atomic E-state index is 0.813. The SMILES string of the molecule is Cc1ccc2nc(C)c(P(=O)(c3ccccc3)c3ccccc3)cc2c1. The van der Waals surface area contributed by atoms with Gasteiger partial charge in [0.05, 0.1) is 5.52 Å². The topological polar surface area (TPSA) is 30.0 Å². The molecule has 4 aromatic rings. The Kier molecular flexibility index (Phi) is 4.22. The fourth-order valence-electron chi connectivity index (χ4n) is 3.40. The predicted molar refractivity (Wildman–Crippen MR) is 111 cm³/mol. The van der Waals surface area contributed by atoms with E-state index in [1.54, 1.807) is 0 Å². The summed E-state index contributed by atoms with van der Waals surface area (Å²) in [7, 11) is -3.00. The molecule has 0 unspecified atom stereocenters. The summed E-state index contributed by atoms with van der Waals surface area (Å²) in [6, 6.07) is 27.7. The highest BCUT2D eigenvalue weighted by Gasteiger charge is 2.31. The highest BCUT2D eigenvalue weighted by atomic mass is 31.2. The number of pyridine rings is 1. The van der Waals surface area contributed by atoms with Crippen LogP contribution in [0.4, 0.5) is 0 Å². The van der Waals surface area contributed by atoms with Gasteiger partial charge in [-0.05, 0) is 32.0 Å². The normalized spacial score (nSPS) is 11.6. The Morgan fingerprint density at radius 3 is 1.88 bits per heavy atom. The number of rotatable bonds is 3. The molecule has 1 heterocycles. The third-order valence-electron chi connectivity index (χ3n) is 4.71. The van der Waals surface area contributed by atoms with Gasteiger partial charge >= 0.3 is 0 Å². The van der Waals surface area contributed by atoms with Gasteiger partial charge < -0.3 is 4.57 Å². The van der Waals surface area contributed by atoms with Gasteiger partial charge in [-0.25, -0.2) is 0 Å². The lowest BCUT2D eigenvalue weighted by Crippen LogP contribution is -2.27. The van der Waals surface area contributed by atoms with Crippen molar-refractivity contribution in [3.8, 4) is 0 Å². The lowest BCUT2D eigenvalue weighted by molar-refractivity contribution is 0.592. The molecule has 3 heteroatoms. The first-order valence-corrected chi connectivity index (χ1v) is 10.4. The number of hydrogen-bond acceptors (Lipinski definition) is 2. The number of benzene rings is 3. The van der Waals surface area contributed by atoms with Crippen molar-refractivity contribution in [3.05, 3.63) is 96.2 Å². The molecule has 0 bridgehead atoms. The molecule has 0 radical (unpaired) electrons. The fourth-order valence-corrected chi connectivity index (χ4v) is 6.27. The second-order valence-electron chi connectivity index (χ2n) is 6.57. The van der Waals surface area contributed by atoms with Gasteiger partial charge in [0.1, 0.15) is 0 Å². The van der Waals surface area contributed by atoms with Crippen molar-refractivity contribution in [2.24, 2.45) is 0 Å². The van der Waals surface area contributed by atoms with Crippen molar-refractivity contribution < 1.29 is 4.57 Å². The number of nitrogens with zero attached hydrogens (tertiary/aromatic N) is 1. The summed E-state index contributed by atoms with van der Waals surface area (Å²) in [5, 5.41) is 3.51. The zero-order valence-electron chi connectivity index (χ0n) is 14.9. The van der Waals surface area contributed by atoms with Crippen LogP contribution in [0.3, 0.4) is 0 Å². The largest absolute Gasteiger partial charge is 0.309 e. The van der Waals surface area contributed by atoms with Crippen molar-refractivity contribution in [2.45, 2.75) is 13.8 Å². The van der Waals surface area contributed by atoms with Crippen molar-refractivity contribution in [1.29, 1.82) is 0 Å². The molecule has 1 aromatic heterocycles. The second kappa shape index (κ2) is 6.55. The Bertz CT molecular complexity index is 1080. The van der Waals surface area contributed by atoms with E-state index >= 15 is 0 Å². The van der Waals surface area contributed by atoms with Crippen LogP contribution < -0.4 is 15.9 Å². The molecule has 2 nitrogen and oxygen atoms in total. The highest BCUT2D eigenvalue weighted by Crippen LogP contribution is 2.43. The molecule has 0 atom stereocenters. The molecule has 0 amide bonds. The van der Waals surface area contributed by atoms with Crippen molar-refractivity contribution in [1.82, 2.24) is 4.98 Å². The van der Waals surface area contributed by atoms with Gasteiger partial charge in [-0.2, -0.15) is 0 Å². The van der Waals surface area contributed by atoms with E-state index in [0.717, 1.165) is 32.5 Å². The summed E-state index contributed by atoms with van der Waals surface area (Å²) in [6.07, 6.45) is 0. The summed E-state index contributed by atoms with van der Waals surface area (Å²) in [6.45, 7) is 4.01. The van der Waals surface area contributed by atoms with E-state index < -0.39 is 7.14 Å². The Hall–Kier alpha value is -2.70. The first-order chi connectivity index (χ1) is 12.6. The first-order valence-electron chi connectivity index (χ1n) is 8.69. The second-order valence-corrected chi connectivity index (χ2v) is 9.30. The molecule has 0 saturated heterocycles. The van der Waals surface area contributed by atoms with E-state index in [-0.39, 0.29) is 0 Å². The van der Waals surface area contributed by atoms with E-state index in [9.17, 15) is 4.57 Å². The van der Waals surface area contributed by atoms with E-state index in [1.165, 1.54) is 5.56 Å². The molecule has 3 aromatic carbocycles. The molecule has 0 spiro atoms. The summed E-state index contributed by atoms with van der Waals surface area (Å²) < 4.78 is 14.5. The summed E-state index contributed by atoms with van der Waals surface area (Å²) in [5.41, 5.74) is 2.92. The van der Waals surface area contributed by atoms with Crippen LogP contribution in [0.2, 0.25) is 0 Å². The highest BCUT2D eigenvalue weighted by molar-refractivity contribution is 7.85. The van der Waals surface area contributed by atoms with Crippen LogP contribution in [0.25, 0.3) is 10.9 Å². The molecular formula is C23H20NOP. The molecule has 0 fully saturated rings. The molecule has 0 saturated carbocycles.